The molecule has 1 aliphatic carbocycles. The van der Waals surface area contributed by atoms with Crippen LogP contribution in [0.15, 0.2) is 40.2 Å². The zero-order valence-corrected chi connectivity index (χ0v) is 16.1. The van der Waals surface area contributed by atoms with Crippen molar-refractivity contribution in [2.45, 2.75) is 42.8 Å². The lowest BCUT2D eigenvalue weighted by Gasteiger charge is -2.27. The molecule has 1 aliphatic rings. The Morgan fingerprint density at radius 1 is 1.15 bits per heavy atom. The average molecular weight is 393 g/mol. The summed E-state index contributed by atoms with van der Waals surface area (Å²) < 4.78 is 31.3. The maximum atomic E-state index is 12.0. The number of nitrogens with zero attached hydrogens (tertiary/aromatic N) is 1. The van der Waals surface area contributed by atoms with Crippen molar-refractivity contribution >= 4 is 9.84 Å². The Kier molecular flexibility index (Phi) is 5.30. The minimum Gasteiger partial charge on any atom is -0.503 e. The number of hydrogen-bond acceptors (Lipinski definition) is 6. The Bertz CT molecular complexity index is 977. The Morgan fingerprint density at radius 2 is 1.81 bits per heavy atom. The van der Waals surface area contributed by atoms with E-state index in [1.165, 1.54) is 36.0 Å². The van der Waals surface area contributed by atoms with Crippen molar-refractivity contribution in [3.8, 4) is 22.6 Å². The van der Waals surface area contributed by atoms with Gasteiger partial charge in [-0.25, -0.2) is 8.42 Å². The summed E-state index contributed by atoms with van der Waals surface area (Å²) in [6.07, 6.45) is 4.97. The van der Waals surface area contributed by atoms with E-state index in [1.54, 1.807) is 6.07 Å². The molecule has 0 saturated heterocycles. The molecule has 146 valence electrons. The normalized spacial score (nSPS) is 20.4. The van der Waals surface area contributed by atoms with Gasteiger partial charge in [0.2, 0.25) is 0 Å². The molecule has 0 amide bonds. The maximum absolute atomic E-state index is 12.0. The lowest BCUT2D eigenvalue weighted by Crippen LogP contribution is -2.26. The fourth-order valence-electron chi connectivity index (χ4n) is 3.25. The number of pyridine rings is 1. The van der Waals surface area contributed by atoms with Crippen molar-refractivity contribution in [1.82, 2.24) is 4.57 Å². The highest BCUT2D eigenvalue weighted by Crippen LogP contribution is 2.35. The molecule has 27 heavy (non-hydrogen) atoms. The predicted molar refractivity (Wildman–Crippen MR) is 101 cm³/mol. The van der Waals surface area contributed by atoms with Gasteiger partial charge in [-0.15, -0.1) is 0 Å². The van der Waals surface area contributed by atoms with E-state index in [1.807, 2.05) is 0 Å². The van der Waals surface area contributed by atoms with Crippen molar-refractivity contribution in [2.24, 2.45) is 7.05 Å². The van der Waals surface area contributed by atoms with E-state index >= 15 is 0 Å². The van der Waals surface area contributed by atoms with Crippen LogP contribution in [-0.2, 0) is 16.9 Å². The summed E-state index contributed by atoms with van der Waals surface area (Å²) in [6, 6.07) is 5.87. The van der Waals surface area contributed by atoms with Gasteiger partial charge in [0.15, 0.2) is 15.6 Å². The third kappa shape index (κ3) is 4.33. The zero-order chi connectivity index (χ0) is 19.8. The van der Waals surface area contributed by atoms with Gasteiger partial charge in [0.25, 0.3) is 5.56 Å². The predicted octanol–water partition coefficient (Wildman–Crippen LogP) is 1.84. The first-order valence-electron chi connectivity index (χ1n) is 8.74. The number of benzene rings is 1. The van der Waals surface area contributed by atoms with Crippen LogP contribution >= 0.6 is 0 Å². The Hall–Kier alpha value is -2.32. The molecule has 1 fully saturated rings. The Morgan fingerprint density at radius 3 is 2.41 bits per heavy atom. The molecule has 0 radical (unpaired) electrons. The van der Waals surface area contributed by atoms with E-state index < -0.39 is 21.1 Å². The molecule has 0 unspecified atom stereocenters. The first-order valence-corrected chi connectivity index (χ1v) is 10.6. The minimum absolute atomic E-state index is 0.0858. The fourth-order valence-corrected chi connectivity index (χ4v) is 3.90. The van der Waals surface area contributed by atoms with E-state index in [-0.39, 0.29) is 17.1 Å². The number of rotatable bonds is 4. The molecule has 2 aromatic rings. The molecular formula is C19H23NO6S. The standard InChI is InChI=1S/C19H23NO6S/c1-20-11-12(9-17(22)19(20)23)16-10-15(27(2,24)25)7-8-18(16)26-14-5-3-13(21)4-6-14/h7-11,13-14,21-22H,3-6H2,1-2H3. The summed E-state index contributed by atoms with van der Waals surface area (Å²) in [4.78, 5) is 11.9. The molecule has 0 atom stereocenters. The quantitative estimate of drug-likeness (QED) is 0.821. The Labute approximate surface area is 157 Å². The second-order valence-electron chi connectivity index (χ2n) is 7.01. The number of ether oxygens (including phenoxy) is 1. The van der Waals surface area contributed by atoms with E-state index in [0.717, 1.165) is 6.26 Å². The molecular weight excluding hydrogens is 370 g/mol. The van der Waals surface area contributed by atoms with Gasteiger partial charge < -0.3 is 19.5 Å². The van der Waals surface area contributed by atoms with Gasteiger partial charge in [0, 0.05) is 30.6 Å². The van der Waals surface area contributed by atoms with E-state index in [2.05, 4.69) is 0 Å². The van der Waals surface area contributed by atoms with Crippen LogP contribution < -0.4 is 10.3 Å². The van der Waals surface area contributed by atoms with Gasteiger partial charge in [-0.3, -0.25) is 4.79 Å². The molecule has 0 spiro atoms. The van der Waals surface area contributed by atoms with E-state index in [4.69, 9.17) is 4.74 Å². The Balaban J connectivity index is 2.07. The summed E-state index contributed by atoms with van der Waals surface area (Å²) in [5.74, 6) is 0.0494. The van der Waals surface area contributed by atoms with Crippen LogP contribution in [0.5, 0.6) is 11.5 Å². The van der Waals surface area contributed by atoms with Gasteiger partial charge in [-0.1, -0.05) is 0 Å². The molecule has 0 bridgehead atoms. The van der Waals surface area contributed by atoms with Gasteiger partial charge >= 0.3 is 0 Å². The summed E-state index contributed by atoms with van der Waals surface area (Å²) in [5.41, 5.74) is 0.419. The maximum Gasteiger partial charge on any atom is 0.292 e. The lowest BCUT2D eigenvalue weighted by atomic mass is 9.95. The van der Waals surface area contributed by atoms with Crippen LogP contribution in [0, 0.1) is 0 Å². The summed E-state index contributed by atoms with van der Waals surface area (Å²) in [5, 5.41) is 19.5. The first-order chi connectivity index (χ1) is 12.6. The van der Waals surface area contributed by atoms with Crippen molar-refractivity contribution < 1.29 is 23.4 Å². The highest BCUT2D eigenvalue weighted by Gasteiger charge is 2.23. The number of hydrogen-bond donors (Lipinski definition) is 2. The van der Waals surface area contributed by atoms with Crippen LogP contribution in [0.3, 0.4) is 0 Å². The lowest BCUT2D eigenvalue weighted by molar-refractivity contribution is 0.0668. The van der Waals surface area contributed by atoms with Crippen LogP contribution in [0.1, 0.15) is 25.7 Å². The summed E-state index contributed by atoms with van der Waals surface area (Å²) in [6.45, 7) is 0. The zero-order valence-electron chi connectivity index (χ0n) is 15.3. The smallest absolute Gasteiger partial charge is 0.292 e. The van der Waals surface area contributed by atoms with Crippen LogP contribution in [-0.4, -0.2) is 41.7 Å². The molecule has 3 rings (SSSR count). The molecule has 0 aliphatic heterocycles. The molecule has 1 heterocycles. The number of aliphatic hydroxyl groups is 1. The van der Waals surface area contributed by atoms with Crippen molar-refractivity contribution in [3.05, 3.63) is 40.8 Å². The van der Waals surface area contributed by atoms with Crippen LogP contribution in [0.2, 0.25) is 0 Å². The monoisotopic (exact) mass is 393 g/mol. The highest BCUT2D eigenvalue weighted by molar-refractivity contribution is 7.90. The van der Waals surface area contributed by atoms with Gasteiger partial charge in [-0.05, 0) is 49.9 Å². The molecule has 8 heteroatoms. The number of aromatic nitrogens is 1. The first kappa shape index (κ1) is 19.4. The van der Waals surface area contributed by atoms with Crippen molar-refractivity contribution in [2.75, 3.05) is 6.26 Å². The van der Waals surface area contributed by atoms with E-state index in [0.29, 0.717) is 42.6 Å². The molecule has 1 saturated carbocycles. The largest absolute Gasteiger partial charge is 0.503 e. The second kappa shape index (κ2) is 7.36. The van der Waals surface area contributed by atoms with Gasteiger partial charge in [0.1, 0.15) is 5.75 Å². The van der Waals surface area contributed by atoms with E-state index in [9.17, 15) is 23.4 Å². The number of aromatic hydroxyl groups is 1. The topological polar surface area (TPSA) is 106 Å². The molecule has 1 aromatic carbocycles. The van der Waals surface area contributed by atoms with Gasteiger partial charge in [0.05, 0.1) is 17.1 Å². The highest BCUT2D eigenvalue weighted by atomic mass is 32.2. The van der Waals surface area contributed by atoms with Crippen LogP contribution in [0.25, 0.3) is 11.1 Å². The summed E-state index contributed by atoms with van der Waals surface area (Å²) >= 11 is 0. The number of aryl methyl sites for hydroxylation is 1. The van der Waals surface area contributed by atoms with Crippen molar-refractivity contribution in [1.29, 1.82) is 0 Å². The van der Waals surface area contributed by atoms with Crippen molar-refractivity contribution in [3.63, 3.8) is 0 Å². The second-order valence-corrected chi connectivity index (χ2v) is 9.02. The molecule has 7 nitrogen and oxygen atoms in total. The summed E-state index contributed by atoms with van der Waals surface area (Å²) in [7, 11) is -1.93. The third-order valence-corrected chi connectivity index (χ3v) is 5.90. The molecule has 2 N–H and O–H groups in total. The molecule has 1 aromatic heterocycles. The van der Waals surface area contributed by atoms with Gasteiger partial charge in [-0.2, -0.15) is 0 Å². The SMILES string of the molecule is Cn1cc(-c2cc(S(C)(=O)=O)ccc2OC2CCC(O)CC2)cc(O)c1=O. The average Bonchev–Trinajstić information content (AvgIpc) is 2.60. The third-order valence-electron chi connectivity index (χ3n) is 4.79. The number of sulfone groups is 1. The number of aliphatic hydroxyl groups excluding tert-OH is 1. The van der Waals surface area contributed by atoms with Crippen LogP contribution in [0.4, 0.5) is 0 Å². The fraction of sp³-hybridized carbons (Fsp3) is 0.421. The minimum atomic E-state index is -3.44.